The summed E-state index contributed by atoms with van der Waals surface area (Å²) in [5.74, 6) is -0.833. The zero-order valence-electron chi connectivity index (χ0n) is 6.31. The summed E-state index contributed by atoms with van der Waals surface area (Å²) in [6.45, 7) is 1.64. The van der Waals surface area contributed by atoms with Crippen molar-refractivity contribution >= 4 is 5.97 Å². The van der Waals surface area contributed by atoms with Gasteiger partial charge in [-0.05, 0) is 6.92 Å². The van der Waals surface area contributed by atoms with E-state index in [1.54, 1.807) is 6.92 Å². The van der Waals surface area contributed by atoms with Crippen molar-refractivity contribution in [2.45, 2.75) is 25.2 Å². The van der Waals surface area contributed by atoms with Gasteiger partial charge in [0, 0.05) is 0 Å². The molecule has 0 spiro atoms. The molecule has 12 heavy (non-hydrogen) atoms. The molecular weight excluding hydrogens is 175 g/mol. The van der Waals surface area contributed by atoms with Gasteiger partial charge in [-0.2, -0.15) is 13.2 Å². The molecule has 6 heteroatoms. The van der Waals surface area contributed by atoms with Crippen molar-refractivity contribution in [2.24, 2.45) is 0 Å². The topological polar surface area (TPSA) is 48.2 Å². The Hall–Kier alpha value is -0.780. The van der Waals surface area contributed by atoms with Gasteiger partial charge in [-0.25, -0.2) is 0 Å². The van der Waals surface area contributed by atoms with Crippen LogP contribution in [-0.2, 0) is 9.53 Å². The van der Waals surface area contributed by atoms with Gasteiger partial charge >= 0.3 is 12.1 Å². The van der Waals surface area contributed by atoms with Gasteiger partial charge in [0.25, 0.3) is 0 Å². The van der Waals surface area contributed by atoms with E-state index in [0.717, 1.165) is 0 Å². The Kier molecular flexibility index (Phi) is 2.27. The summed E-state index contributed by atoms with van der Waals surface area (Å²) >= 11 is 0. The van der Waals surface area contributed by atoms with Crippen molar-refractivity contribution < 1.29 is 22.7 Å². The van der Waals surface area contributed by atoms with E-state index in [-0.39, 0.29) is 6.61 Å². The maximum atomic E-state index is 11.8. The quantitative estimate of drug-likeness (QED) is 0.499. The first-order valence-electron chi connectivity index (χ1n) is 3.46. The van der Waals surface area contributed by atoms with Crippen LogP contribution >= 0.6 is 0 Å². The third-order valence-electron chi connectivity index (χ3n) is 1.48. The van der Waals surface area contributed by atoms with Crippen molar-refractivity contribution in [3.63, 3.8) is 0 Å². The van der Waals surface area contributed by atoms with Crippen LogP contribution in [-0.4, -0.2) is 30.8 Å². The Morgan fingerprint density at radius 1 is 1.58 bits per heavy atom. The molecule has 1 fully saturated rings. The molecule has 1 aliphatic rings. The maximum absolute atomic E-state index is 11.8. The summed E-state index contributed by atoms with van der Waals surface area (Å²) in [5.41, 5.74) is 0. The van der Waals surface area contributed by atoms with Crippen molar-refractivity contribution in [1.29, 1.82) is 0 Å². The Bertz CT molecular complexity index is 192. The van der Waals surface area contributed by atoms with Crippen LogP contribution < -0.4 is 5.32 Å². The minimum absolute atomic E-state index is 0.0988. The number of carbonyl (C=O) groups excluding carboxylic acids is 1. The lowest BCUT2D eigenvalue weighted by atomic mass is 10.3. The lowest BCUT2D eigenvalue weighted by Gasteiger charge is -2.02. The van der Waals surface area contributed by atoms with Gasteiger partial charge in [0.1, 0.15) is 12.1 Å². The Morgan fingerprint density at radius 2 is 2.17 bits per heavy atom. The summed E-state index contributed by atoms with van der Waals surface area (Å²) < 4.78 is 39.9. The molecule has 0 aliphatic carbocycles. The number of nitrogens with one attached hydrogen (secondary N) is 1. The molecule has 0 amide bonds. The zero-order chi connectivity index (χ0) is 9.35. The van der Waals surface area contributed by atoms with E-state index >= 15 is 0 Å². The number of alkyl halides is 3. The van der Waals surface area contributed by atoms with Crippen molar-refractivity contribution in [3.05, 3.63) is 0 Å². The van der Waals surface area contributed by atoms with Crippen molar-refractivity contribution in [3.8, 4) is 0 Å². The summed E-state index contributed by atoms with van der Waals surface area (Å²) in [6.07, 6.45) is -4.35. The van der Waals surface area contributed by atoms with E-state index in [2.05, 4.69) is 4.74 Å². The summed E-state index contributed by atoms with van der Waals surface area (Å²) in [4.78, 5) is 10.7. The molecule has 0 bridgehead atoms. The molecule has 1 heterocycles. The second-order valence-corrected chi connectivity index (χ2v) is 2.42. The van der Waals surface area contributed by atoms with E-state index in [9.17, 15) is 18.0 Å². The fourth-order valence-electron chi connectivity index (χ4n) is 0.858. The molecule has 0 unspecified atom stereocenters. The lowest BCUT2D eigenvalue weighted by molar-refractivity contribution is -0.149. The van der Waals surface area contributed by atoms with Crippen LogP contribution in [0.3, 0.4) is 0 Å². The molecule has 0 radical (unpaired) electrons. The fourth-order valence-corrected chi connectivity index (χ4v) is 0.858. The molecule has 1 saturated heterocycles. The standard InChI is InChI=1S/C6H8F3NO2/c1-2-12-5(11)3-4(10-3)6(7,8)9/h3-4,10H,2H2,1H3/t3-,4+/m1/s1. The van der Waals surface area contributed by atoms with Gasteiger partial charge in [-0.15, -0.1) is 0 Å². The highest BCUT2D eigenvalue weighted by Crippen LogP contribution is 2.31. The number of halogens is 3. The monoisotopic (exact) mass is 183 g/mol. The largest absolute Gasteiger partial charge is 0.465 e. The highest BCUT2D eigenvalue weighted by Gasteiger charge is 2.59. The van der Waals surface area contributed by atoms with Crippen LogP contribution in [0.1, 0.15) is 6.92 Å². The number of rotatable bonds is 2. The molecule has 2 atom stereocenters. The van der Waals surface area contributed by atoms with Gasteiger partial charge in [0.15, 0.2) is 0 Å². The molecule has 0 aromatic rings. The molecule has 0 aromatic carbocycles. The average Bonchev–Trinajstić information content (AvgIpc) is 2.62. The van der Waals surface area contributed by atoms with Crippen LogP contribution in [0.5, 0.6) is 0 Å². The van der Waals surface area contributed by atoms with Crippen LogP contribution in [0.4, 0.5) is 13.2 Å². The predicted molar refractivity (Wildman–Crippen MR) is 33.4 cm³/mol. The van der Waals surface area contributed by atoms with Crippen molar-refractivity contribution in [2.75, 3.05) is 6.61 Å². The summed E-state index contributed by atoms with van der Waals surface area (Å²) in [7, 11) is 0. The minimum atomic E-state index is -4.35. The highest BCUT2D eigenvalue weighted by atomic mass is 19.4. The number of hydrogen-bond donors (Lipinski definition) is 1. The Labute approximate surface area is 66.9 Å². The number of ether oxygens (including phenoxy) is 1. The second kappa shape index (κ2) is 2.93. The molecule has 1 N–H and O–H groups in total. The predicted octanol–water partition coefficient (Wildman–Crippen LogP) is 0.452. The zero-order valence-corrected chi connectivity index (χ0v) is 6.31. The Morgan fingerprint density at radius 3 is 2.50 bits per heavy atom. The molecule has 1 aliphatic heterocycles. The van der Waals surface area contributed by atoms with E-state index in [1.165, 1.54) is 0 Å². The molecule has 3 nitrogen and oxygen atoms in total. The molecule has 0 saturated carbocycles. The molecule has 1 rings (SSSR count). The van der Waals surface area contributed by atoms with Gasteiger partial charge in [-0.1, -0.05) is 0 Å². The van der Waals surface area contributed by atoms with E-state index < -0.39 is 24.2 Å². The average molecular weight is 183 g/mol. The molecule has 70 valence electrons. The van der Waals surface area contributed by atoms with Crippen molar-refractivity contribution in [1.82, 2.24) is 5.32 Å². The normalized spacial score (nSPS) is 28.3. The highest BCUT2D eigenvalue weighted by molar-refractivity contribution is 5.80. The maximum Gasteiger partial charge on any atom is 0.405 e. The first-order chi connectivity index (χ1) is 5.46. The first kappa shape index (κ1) is 9.31. The Balaban J connectivity index is 2.37. The van der Waals surface area contributed by atoms with Gasteiger partial charge in [-0.3, -0.25) is 10.1 Å². The number of esters is 1. The minimum Gasteiger partial charge on any atom is -0.465 e. The second-order valence-electron chi connectivity index (χ2n) is 2.42. The SMILES string of the molecule is CCOC(=O)[C@@H]1N[C@@H]1C(F)(F)F. The van der Waals surface area contributed by atoms with Crippen LogP contribution in [0.15, 0.2) is 0 Å². The van der Waals surface area contributed by atoms with Crippen LogP contribution in [0, 0.1) is 0 Å². The number of carbonyl (C=O) groups is 1. The smallest absolute Gasteiger partial charge is 0.405 e. The summed E-state index contributed by atoms with van der Waals surface area (Å²) in [6, 6.07) is -2.90. The van der Waals surface area contributed by atoms with Gasteiger partial charge < -0.3 is 4.74 Å². The van der Waals surface area contributed by atoms with Gasteiger partial charge in [0.2, 0.25) is 0 Å². The van der Waals surface area contributed by atoms with E-state index in [0.29, 0.717) is 0 Å². The number of hydrogen-bond acceptors (Lipinski definition) is 3. The third kappa shape index (κ3) is 1.88. The molecule has 0 aromatic heterocycles. The van der Waals surface area contributed by atoms with E-state index in [4.69, 9.17) is 0 Å². The molecular formula is C6H8F3NO2. The fraction of sp³-hybridized carbons (Fsp3) is 0.833. The third-order valence-corrected chi connectivity index (χ3v) is 1.48. The lowest BCUT2D eigenvalue weighted by Crippen LogP contribution is -2.24. The van der Waals surface area contributed by atoms with Crippen LogP contribution in [0.2, 0.25) is 0 Å². The first-order valence-corrected chi connectivity index (χ1v) is 3.46. The summed E-state index contributed by atoms with van der Waals surface area (Å²) in [5, 5.41) is 1.99. The van der Waals surface area contributed by atoms with Gasteiger partial charge in [0.05, 0.1) is 6.61 Å². The van der Waals surface area contributed by atoms with E-state index in [1.807, 2.05) is 5.32 Å². The van der Waals surface area contributed by atoms with Crippen LogP contribution in [0.25, 0.3) is 0 Å².